The molecule has 0 spiro atoms. The SMILES string of the molecule is O=S(=O)(CC[NH+]1CCOCC1)c1ccccn1.[Cl-]. The molecule has 1 aliphatic heterocycles. The number of nitrogens with zero attached hydrogens (tertiary/aromatic N) is 1. The van der Waals surface area contributed by atoms with E-state index in [4.69, 9.17) is 4.74 Å². The normalized spacial score (nSPS) is 17.1. The molecule has 7 heteroatoms. The Hall–Kier alpha value is -0.690. The fraction of sp³-hybridized carbons (Fsp3) is 0.545. The first-order valence-corrected chi connectivity index (χ1v) is 7.39. The molecule has 0 saturated carbocycles. The van der Waals surface area contributed by atoms with Gasteiger partial charge in [0.05, 0.1) is 19.8 Å². The Morgan fingerprint density at radius 2 is 2.00 bits per heavy atom. The van der Waals surface area contributed by atoms with Crippen LogP contribution in [0.15, 0.2) is 29.4 Å². The lowest BCUT2D eigenvalue weighted by Crippen LogP contribution is -3.14. The highest BCUT2D eigenvalue weighted by atomic mass is 35.5. The summed E-state index contributed by atoms with van der Waals surface area (Å²) in [5, 5.41) is 0.174. The molecule has 1 aromatic heterocycles. The topological polar surface area (TPSA) is 60.7 Å². The number of hydrogen-bond acceptors (Lipinski definition) is 4. The zero-order valence-corrected chi connectivity index (χ0v) is 11.6. The minimum Gasteiger partial charge on any atom is -1.00 e. The summed E-state index contributed by atoms with van der Waals surface area (Å²) in [6, 6.07) is 4.96. The van der Waals surface area contributed by atoms with Crippen molar-refractivity contribution in [3.05, 3.63) is 24.4 Å². The summed E-state index contributed by atoms with van der Waals surface area (Å²) in [6.45, 7) is 3.84. The zero-order chi connectivity index (χ0) is 12.1. The number of pyridine rings is 1. The Bertz CT molecular complexity index is 447. The van der Waals surface area contributed by atoms with Crippen LogP contribution in [0.25, 0.3) is 0 Å². The second-order valence-electron chi connectivity index (χ2n) is 4.10. The van der Waals surface area contributed by atoms with Crippen molar-refractivity contribution in [3.63, 3.8) is 0 Å². The van der Waals surface area contributed by atoms with Gasteiger partial charge in [-0.25, -0.2) is 13.4 Å². The quantitative estimate of drug-likeness (QED) is 0.611. The third kappa shape index (κ3) is 4.20. The number of nitrogens with one attached hydrogen (secondary N) is 1. The van der Waals surface area contributed by atoms with Crippen LogP contribution in [0.1, 0.15) is 0 Å². The number of sulfone groups is 1. The van der Waals surface area contributed by atoms with Crippen LogP contribution in [0.3, 0.4) is 0 Å². The van der Waals surface area contributed by atoms with Crippen molar-refractivity contribution >= 4 is 9.84 Å². The average Bonchev–Trinajstić information content (AvgIpc) is 2.39. The van der Waals surface area contributed by atoms with Gasteiger partial charge in [-0.15, -0.1) is 0 Å². The molecule has 2 heterocycles. The highest BCUT2D eigenvalue weighted by Gasteiger charge is 2.20. The summed E-state index contributed by atoms with van der Waals surface area (Å²) in [5.74, 6) is 0.152. The lowest BCUT2D eigenvalue weighted by molar-refractivity contribution is -0.905. The van der Waals surface area contributed by atoms with E-state index >= 15 is 0 Å². The van der Waals surface area contributed by atoms with Gasteiger partial charge in [0.1, 0.15) is 18.8 Å². The van der Waals surface area contributed by atoms with Crippen LogP contribution in [0.5, 0.6) is 0 Å². The highest BCUT2D eigenvalue weighted by Crippen LogP contribution is 2.04. The molecule has 1 aromatic rings. The van der Waals surface area contributed by atoms with E-state index in [-0.39, 0.29) is 23.2 Å². The monoisotopic (exact) mass is 292 g/mol. The van der Waals surface area contributed by atoms with Crippen LogP contribution in [-0.2, 0) is 14.6 Å². The summed E-state index contributed by atoms with van der Waals surface area (Å²) in [7, 11) is -3.23. The van der Waals surface area contributed by atoms with Gasteiger partial charge in [-0.2, -0.15) is 0 Å². The van der Waals surface area contributed by atoms with E-state index < -0.39 is 9.84 Å². The molecule has 5 nitrogen and oxygen atoms in total. The lowest BCUT2D eigenvalue weighted by Gasteiger charge is -2.23. The van der Waals surface area contributed by atoms with E-state index in [0.29, 0.717) is 6.54 Å². The van der Waals surface area contributed by atoms with Crippen LogP contribution in [0.4, 0.5) is 0 Å². The molecule has 18 heavy (non-hydrogen) atoms. The van der Waals surface area contributed by atoms with Crippen molar-refractivity contribution < 1.29 is 30.5 Å². The smallest absolute Gasteiger partial charge is 0.201 e. The lowest BCUT2D eigenvalue weighted by atomic mass is 10.4. The van der Waals surface area contributed by atoms with Crippen LogP contribution >= 0.6 is 0 Å². The number of morpholine rings is 1. The van der Waals surface area contributed by atoms with Gasteiger partial charge in [0.25, 0.3) is 0 Å². The maximum Gasteiger partial charge on any atom is 0.201 e. The fourth-order valence-electron chi connectivity index (χ4n) is 1.82. The maximum absolute atomic E-state index is 12.0. The van der Waals surface area contributed by atoms with E-state index in [2.05, 4.69) is 4.98 Å². The number of rotatable bonds is 4. The van der Waals surface area contributed by atoms with Crippen molar-refractivity contribution in [2.24, 2.45) is 0 Å². The van der Waals surface area contributed by atoms with Crippen molar-refractivity contribution in [1.82, 2.24) is 4.98 Å². The van der Waals surface area contributed by atoms with E-state index in [1.807, 2.05) is 0 Å². The van der Waals surface area contributed by atoms with E-state index in [0.717, 1.165) is 26.3 Å². The van der Waals surface area contributed by atoms with Crippen LogP contribution in [0, 0.1) is 0 Å². The number of aromatic nitrogens is 1. The summed E-state index contributed by atoms with van der Waals surface area (Å²) < 4.78 is 29.2. The minimum absolute atomic E-state index is 0. The van der Waals surface area contributed by atoms with Gasteiger partial charge >= 0.3 is 0 Å². The van der Waals surface area contributed by atoms with E-state index in [1.165, 1.54) is 11.1 Å². The fourth-order valence-corrected chi connectivity index (χ4v) is 3.10. The zero-order valence-electron chi connectivity index (χ0n) is 10.0. The number of hydrogen-bond donors (Lipinski definition) is 1. The summed E-state index contributed by atoms with van der Waals surface area (Å²) in [5.41, 5.74) is 0. The molecular weight excluding hydrogens is 276 g/mol. The molecule has 0 unspecified atom stereocenters. The van der Waals surface area contributed by atoms with Gasteiger partial charge in [0.2, 0.25) is 9.84 Å². The van der Waals surface area contributed by atoms with Gasteiger partial charge < -0.3 is 22.0 Å². The van der Waals surface area contributed by atoms with Gasteiger partial charge in [0.15, 0.2) is 5.03 Å². The third-order valence-electron chi connectivity index (χ3n) is 2.88. The minimum atomic E-state index is -3.23. The van der Waals surface area contributed by atoms with E-state index in [1.54, 1.807) is 18.2 Å². The Morgan fingerprint density at radius 1 is 1.28 bits per heavy atom. The number of ether oxygens (including phenoxy) is 1. The molecule has 1 N–H and O–H groups in total. The van der Waals surface area contributed by atoms with Crippen LogP contribution < -0.4 is 17.3 Å². The molecule has 0 aromatic carbocycles. The second-order valence-corrected chi connectivity index (χ2v) is 6.16. The maximum atomic E-state index is 12.0. The molecule has 0 amide bonds. The first-order chi connectivity index (χ1) is 8.18. The highest BCUT2D eigenvalue weighted by molar-refractivity contribution is 7.91. The summed E-state index contributed by atoms with van der Waals surface area (Å²) in [4.78, 5) is 5.18. The standard InChI is InChI=1S/C11H16N2O3S.ClH/c14-17(15,11-3-1-2-4-12-11)10-7-13-5-8-16-9-6-13;/h1-4H,5-10H2;1H. The van der Waals surface area contributed by atoms with Crippen molar-refractivity contribution in [1.29, 1.82) is 0 Å². The van der Waals surface area contributed by atoms with Gasteiger partial charge in [-0.3, -0.25) is 0 Å². The summed E-state index contributed by atoms with van der Waals surface area (Å²) >= 11 is 0. The molecule has 0 radical (unpaired) electrons. The van der Waals surface area contributed by atoms with Crippen molar-refractivity contribution in [2.45, 2.75) is 5.03 Å². The molecule has 0 aliphatic carbocycles. The molecule has 0 atom stereocenters. The largest absolute Gasteiger partial charge is 1.00 e. The molecule has 0 bridgehead atoms. The Morgan fingerprint density at radius 3 is 2.61 bits per heavy atom. The Kier molecular flexibility index (Phi) is 6.01. The van der Waals surface area contributed by atoms with E-state index in [9.17, 15) is 8.42 Å². The predicted molar refractivity (Wildman–Crippen MR) is 62.7 cm³/mol. The first kappa shape index (κ1) is 15.4. The van der Waals surface area contributed by atoms with Crippen molar-refractivity contribution in [3.8, 4) is 0 Å². The molecule has 1 fully saturated rings. The molecule has 102 valence electrons. The molecule has 1 aliphatic rings. The van der Waals surface area contributed by atoms with Gasteiger partial charge in [-0.05, 0) is 12.1 Å². The molecular formula is C11H17ClN2O3S. The number of quaternary nitrogens is 1. The Labute approximate surface area is 113 Å². The third-order valence-corrected chi connectivity index (χ3v) is 4.50. The first-order valence-electron chi connectivity index (χ1n) is 5.73. The molecule has 1 saturated heterocycles. The van der Waals surface area contributed by atoms with Crippen LogP contribution in [0.2, 0.25) is 0 Å². The van der Waals surface area contributed by atoms with Crippen molar-refractivity contribution in [2.75, 3.05) is 38.6 Å². The second kappa shape index (κ2) is 7.04. The average molecular weight is 293 g/mol. The Balaban J connectivity index is 0.00000162. The predicted octanol–water partition coefficient (Wildman–Crippen LogP) is -4.23. The van der Waals surface area contributed by atoms with Gasteiger partial charge in [-0.1, -0.05) is 6.07 Å². The summed E-state index contributed by atoms with van der Waals surface area (Å²) in [6.07, 6.45) is 1.51. The van der Waals surface area contributed by atoms with Crippen LogP contribution in [-0.4, -0.2) is 52.0 Å². The number of halogens is 1. The van der Waals surface area contributed by atoms with Gasteiger partial charge in [0, 0.05) is 6.20 Å². The molecule has 2 rings (SSSR count).